The molecule has 144 valence electrons. The van der Waals surface area contributed by atoms with Crippen LogP contribution in [0.2, 0.25) is 0 Å². The standard InChI is InChI=1S/C21H19F2N3OS/c1-4-5-13-6-8-17-15(10-13)16-11-14(7-9-18(16)28-17)12(2)21(22,23)19(27)26(3)20(24)25/h6-12H,1-3H3,(H3,24,25)/t12-/m0/s1. The van der Waals surface area contributed by atoms with Gasteiger partial charge in [-0.2, -0.15) is 8.78 Å². The Kier molecular flexibility index (Phi) is 5.09. The zero-order chi connectivity index (χ0) is 20.6. The van der Waals surface area contributed by atoms with Crippen molar-refractivity contribution < 1.29 is 13.6 Å². The lowest BCUT2D eigenvalue weighted by molar-refractivity contribution is -0.155. The van der Waals surface area contributed by atoms with Crippen molar-refractivity contribution in [2.24, 2.45) is 5.73 Å². The van der Waals surface area contributed by atoms with Crippen LogP contribution in [-0.4, -0.2) is 29.7 Å². The molecule has 0 fully saturated rings. The molecule has 1 atom stereocenters. The van der Waals surface area contributed by atoms with Crippen LogP contribution in [0.1, 0.15) is 30.9 Å². The molecule has 0 bridgehead atoms. The molecule has 0 aliphatic heterocycles. The minimum atomic E-state index is -3.70. The summed E-state index contributed by atoms with van der Waals surface area (Å²) in [4.78, 5) is 12.6. The fraction of sp³-hybridized carbons (Fsp3) is 0.238. The molecular weight excluding hydrogens is 380 g/mol. The summed E-state index contributed by atoms with van der Waals surface area (Å²) in [7, 11) is 1.07. The number of carbonyl (C=O) groups excluding carboxylic acids is 1. The lowest BCUT2D eigenvalue weighted by Crippen LogP contribution is -2.49. The molecule has 0 saturated carbocycles. The normalized spacial score (nSPS) is 12.5. The molecule has 0 saturated heterocycles. The van der Waals surface area contributed by atoms with Gasteiger partial charge in [-0.05, 0) is 42.8 Å². The molecule has 0 aliphatic rings. The van der Waals surface area contributed by atoms with Crippen molar-refractivity contribution in [2.45, 2.75) is 25.7 Å². The second-order valence-corrected chi connectivity index (χ2v) is 7.62. The number of hydrogen-bond donors (Lipinski definition) is 2. The average molecular weight is 399 g/mol. The molecule has 3 aromatic rings. The Morgan fingerprint density at radius 3 is 2.43 bits per heavy atom. The van der Waals surface area contributed by atoms with Gasteiger partial charge in [0.15, 0.2) is 5.96 Å². The van der Waals surface area contributed by atoms with Crippen molar-refractivity contribution in [2.75, 3.05) is 7.05 Å². The van der Waals surface area contributed by atoms with E-state index in [1.165, 1.54) is 6.92 Å². The molecule has 1 aromatic heterocycles. The van der Waals surface area contributed by atoms with E-state index in [0.717, 1.165) is 32.8 Å². The van der Waals surface area contributed by atoms with Gasteiger partial charge in [0.05, 0.1) is 5.92 Å². The highest BCUT2D eigenvalue weighted by Crippen LogP contribution is 2.39. The summed E-state index contributed by atoms with van der Waals surface area (Å²) in [5.41, 5.74) is 6.38. The Hall–Kier alpha value is -2.98. The molecule has 7 heteroatoms. The molecule has 1 amide bonds. The van der Waals surface area contributed by atoms with Crippen molar-refractivity contribution in [3.05, 3.63) is 47.5 Å². The van der Waals surface area contributed by atoms with Crippen molar-refractivity contribution in [1.82, 2.24) is 4.90 Å². The number of benzene rings is 2. The van der Waals surface area contributed by atoms with Crippen LogP contribution in [0.25, 0.3) is 20.2 Å². The number of nitrogens with zero attached hydrogens (tertiary/aromatic N) is 1. The van der Waals surface area contributed by atoms with Crippen LogP contribution in [-0.2, 0) is 4.79 Å². The summed E-state index contributed by atoms with van der Waals surface area (Å²) in [5, 5.41) is 9.03. The van der Waals surface area contributed by atoms with E-state index in [1.54, 1.807) is 36.5 Å². The van der Waals surface area contributed by atoms with Gasteiger partial charge in [-0.15, -0.1) is 17.3 Å². The van der Waals surface area contributed by atoms with Gasteiger partial charge in [-0.3, -0.25) is 15.1 Å². The Morgan fingerprint density at radius 2 is 1.82 bits per heavy atom. The summed E-state index contributed by atoms with van der Waals surface area (Å²) < 4.78 is 31.5. The summed E-state index contributed by atoms with van der Waals surface area (Å²) in [6.07, 6.45) is 0. The minimum Gasteiger partial charge on any atom is -0.370 e. The van der Waals surface area contributed by atoms with Crippen LogP contribution >= 0.6 is 11.3 Å². The third-order valence-electron chi connectivity index (χ3n) is 4.76. The highest BCUT2D eigenvalue weighted by Gasteiger charge is 2.47. The van der Waals surface area contributed by atoms with E-state index in [0.29, 0.717) is 10.5 Å². The first-order valence-corrected chi connectivity index (χ1v) is 9.37. The number of guanidine groups is 1. The van der Waals surface area contributed by atoms with E-state index in [-0.39, 0.29) is 0 Å². The number of alkyl halides is 2. The van der Waals surface area contributed by atoms with Crippen LogP contribution < -0.4 is 5.73 Å². The highest BCUT2D eigenvalue weighted by atomic mass is 32.1. The van der Waals surface area contributed by atoms with Crippen LogP contribution in [0.4, 0.5) is 8.78 Å². The Labute approximate surface area is 165 Å². The van der Waals surface area contributed by atoms with Gasteiger partial charge < -0.3 is 5.73 Å². The maximum Gasteiger partial charge on any atom is 0.331 e. The maximum atomic E-state index is 14.8. The zero-order valence-electron chi connectivity index (χ0n) is 15.6. The van der Waals surface area contributed by atoms with Gasteiger partial charge in [-0.1, -0.05) is 18.9 Å². The lowest BCUT2D eigenvalue weighted by Gasteiger charge is -2.27. The van der Waals surface area contributed by atoms with Gasteiger partial charge in [0.2, 0.25) is 0 Å². The molecule has 2 aromatic carbocycles. The van der Waals surface area contributed by atoms with Gasteiger partial charge in [0.1, 0.15) is 0 Å². The third-order valence-corrected chi connectivity index (χ3v) is 5.91. The molecule has 4 nitrogen and oxygen atoms in total. The molecular formula is C21H19F2N3OS. The average Bonchev–Trinajstić information content (AvgIpc) is 3.03. The molecule has 0 unspecified atom stereocenters. The smallest absolute Gasteiger partial charge is 0.331 e. The number of rotatable bonds is 3. The van der Waals surface area contributed by atoms with E-state index in [1.807, 2.05) is 18.2 Å². The second kappa shape index (κ2) is 7.21. The van der Waals surface area contributed by atoms with Gasteiger partial charge in [0, 0.05) is 32.8 Å². The Morgan fingerprint density at radius 1 is 1.21 bits per heavy atom. The summed E-state index contributed by atoms with van der Waals surface area (Å²) in [6, 6.07) is 11.0. The molecule has 0 radical (unpaired) electrons. The van der Waals surface area contributed by atoms with Crippen molar-refractivity contribution >= 4 is 43.4 Å². The summed E-state index contributed by atoms with van der Waals surface area (Å²) >= 11 is 1.58. The van der Waals surface area contributed by atoms with E-state index in [9.17, 15) is 13.6 Å². The first kappa shape index (κ1) is 19.8. The summed E-state index contributed by atoms with van der Waals surface area (Å²) in [6.45, 7) is 3.06. The largest absolute Gasteiger partial charge is 0.370 e. The van der Waals surface area contributed by atoms with E-state index < -0.39 is 23.7 Å². The molecule has 0 spiro atoms. The van der Waals surface area contributed by atoms with Crippen molar-refractivity contribution in [1.29, 1.82) is 5.41 Å². The predicted molar refractivity (Wildman–Crippen MR) is 110 cm³/mol. The number of nitrogens with two attached hydrogens (primary N) is 1. The number of thiophene rings is 1. The van der Waals surface area contributed by atoms with Crippen LogP contribution in [0.3, 0.4) is 0 Å². The first-order valence-electron chi connectivity index (χ1n) is 8.55. The highest BCUT2D eigenvalue weighted by molar-refractivity contribution is 7.25. The molecule has 3 rings (SSSR count). The maximum absolute atomic E-state index is 14.8. The molecule has 28 heavy (non-hydrogen) atoms. The van der Waals surface area contributed by atoms with E-state index in [2.05, 4.69) is 11.8 Å². The lowest BCUT2D eigenvalue weighted by atomic mass is 9.92. The van der Waals surface area contributed by atoms with Crippen LogP contribution in [0.5, 0.6) is 0 Å². The number of halogens is 2. The quantitative estimate of drug-likeness (QED) is 0.386. The fourth-order valence-corrected chi connectivity index (χ4v) is 4.08. The van der Waals surface area contributed by atoms with E-state index in [4.69, 9.17) is 11.1 Å². The Balaban J connectivity index is 2.08. The third kappa shape index (κ3) is 3.32. The van der Waals surface area contributed by atoms with Gasteiger partial charge >= 0.3 is 5.92 Å². The SMILES string of the molecule is CC#Cc1ccc2sc3ccc([C@H](C)C(F)(F)C(=O)N(C)C(=N)N)cc3c2c1. The van der Waals surface area contributed by atoms with Crippen molar-refractivity contribution in [3.63, 3.8) is 0 Å². The Bertz CT molecular complexity index is 1160. The van der Waals surface area contributed by atoms with Crippen LogP contribution in [0.15, 0.2) is 36.4 Å². The number of fused-ring (bicyclic) bond motifs is 3. The number of nitrogens with one attached hydrogen (secondary N) is 1. The minimum absolute atomic E-state index is 0.342. The van der Waals surface area contributed by atoms with Crippen molar-refractivity contribution in [3.8, 4) is 11.8 Å². The number of hydrogen-bond acceptors (Lipinski definition) is 3. The number of amides is 1. The summed E-state index contributed by atoms with van der Waals surface area (Å²) in [5.74, 6) is -1.43. The first-order chi connectivity index (χ1) is 13.2. The zero-order valence-corrected chi connectivity index (χ0v) is 16.5. The molecule has 1 heterocycles. The van der Waals surface area contributed by atoms with Gasteiger partial charge in [0.25, 0.3) is 5.91 Å². The van der Waals surface area contributed by atoms with E-state index >= 15 is 0 Å². The monoisotopic (exact) mass is 399 g/mol. The fourth-order valence-electron chi connectivity index (χ4n) is 3.01. The molecule has 0 aliphatic carbocycles. The van der Waals surface area contributed by atoms with Gasteiger partial charge in [-0.25, -0.2) is 0 Å². The topological polar surface area (TPSA) is 70.2 Å². The number of carbonyl (C=O) groups is 1. The second-order valence-electron chi connectivity index (χ2n) is 6.54. The predicted octanol–water partition coefficient (Wildman–Crippen LogP) is 4.52. The van der Waals surface area contributed by atoms with Crippen LogP contribution in [0, 0.1) is 17.3 Å². The molecule has 3 N–H and O–H groups in total.